The van der Waals surface area contributed by atoms with E-state index < -0.39 is 6.10 Å². The molecule has 0 radical (unpaired) electrons. The van der Waals surface area contributed by atoms with Gasteiger partial charge in [0, 0.05) is 19.0 Å². The lowest BCUT2D eigenvalue weighted by atomic mass is 10.0. The molecule has 0 spiro atoms. The van der Waals surface area contributed by atoms with Gasteiger partial charge in [0.2, 0.25) is 5.91 Å². The van der Waals surface area contributed by atoms with Gasteiger partial charge in [-0.1, -0.05) is 23.8 Å². The topological polar surface area (TPSA) is 53.7 Å². The highest BCUT2D eigenvalue weighted by Gasteiger charge is 2.31. The van der Waals surface area contributed by atoms with Crippen molar-refractivity contribution >= 4 is 5.91 Å². The maximum absolute atomic E-state index is 12.8. The Morgan fingerprint density at radius 2 is 2.21 bits per heavy atom. The molecule has 2 heterocycles. The van der Waals surface area contributed by atoms with Crippen LogP contribution in [0.15, 0.2) is 41.0 Å². The third-order valence-electron chi connectivity index (χ3n) is 4.91. The largest absolute Gasteiger partial charge is 0.467 e. The van der Waals surface area contributed by atoms with Crippen LogP contribution < -0.4 is 0 Å². The first-order valence-electron chi connectivity index (χ1n) is 8.61. The van der Waals surface area contributed by atoms with Gasteiger partial charge in [-0.2, -0.15) is 0 Å². The molecule has 1 saturated heterocycles. The molecule has 24 heavy (non-hydrogen) atoms. The minimum absolute atomic E-state index is 0.0858. The number of nitrogens with zero attached hydrogens (tertiary/aromatic N) is 1. The fourth-order valence-corrected chi connectivity index (χ4v) is 3.52. The molecule has 3 rings (SSSR count). The van der Waals surface area contributed by atoms with Gasteiger partial charge in [-0.05, 0) is 49.9 Å². The van der Waals surface area contributed by atoms with Crippen LogP contribution in [0.1, 0.15) is 47.8 Å². The first-order chi connectivity index (χ1) is 11.5. The number of amides is 1. The van der Waals surface area contributed by atoms with Crippen LogP contribution in [0.4, 0.5) is 0 Å². The summed E-state index contributed by atoms with van der Waals surface area (Å²) in [4.78, 5) is 14.7. The van der Waals surface area contributed by atoms with E-state index in [1.807, 2.05) is 18.7 Å². The van der Waals surface area contributed by atoms with E-state index in [-0.39, 0.29) is 11.9 Å². The van der Waals surface area contributed by atoms with E-state index in [1.165, 1.54) is 5.56 Å². The Bertz CT molecular complexity index is 693. The zero-order valence-electron chi connectivity index (χ0n) is 14.4. The van der Waals surface area contributed by atoms with E-state index in [4.69, 9.17) is 4.42 Å². The highest BCUT2D eigenvalue weighted by molar-refractivity contribution is 5.79. The lowest BCUT2D eigenvalue weighted by Gasteiger charge is -2.26. The number of rotatable bonds is 5. The second-order valence-electron chi connectivity index (χ2n) is 6.76. The highest BCUT2D eigenvalue weighted by Crippen LogP contribution is 2.28. The fourth-order valence-electron chi connectivity index (χ4n) is 3.52. The van der Waals surface area contributed by atoms with Crippen molar-refractivity contribution in [2.45, 2.75) is 51.7 Å². The van der Waals surface area contributed by atoms with Gasteiger partial charge >= 0.3 is 0 Å². The average Bonchev–Trinajstić information content (AvgIpc) is 3.22. The number of carbonyl (C=O) groups excluding carboxylic acids is 1. The molecule has 1 fully saturated rings. The summed E-state index contributed by atoms with van der Waals surface area (Å²) in [6.45, 7) is 4.87. The van der Waals surface area contributed by atoms with Crippen molar-refractivity contribution in [1.29, 1.82) is 0 Å². The third-order valence-corrected chi connectivity index (χ3v) is 4.91. The van der Waals surface area contributed by atoms with Crippen LogP contribution >= 0.6 is 0 Å². The molecule has 1 aliphatic rings. The molecule has 1 aromatic carbocycles. The summed E-state index contributed by atoms with van der Waals surface area (Å²) >= 11 is 0. The lowest BCUT2D eigenvalue weighted by molar-refractivity contribution is -0.131. The number of furan rings is 1. The van der Waals surface area contributed by atoms with Crippen LogP contribution in [0.2, 0.25) is 0 Å². The van der Waals surface area contributed by atoms with Crippen LogP contribution in [0.25, 0.3) is 0 Å². The van der Waals surface area contributed by atoms with Crippen LogP contribution in [0.5, 0.6) is 0 Å². The number of benzene rings is 1. The minimum atomic E-state index is -0.654. The van der Waals surface area contributed by atoms with Gasteiger partial charge < -0.3 is 14.4 Å². The highest BCUT2D eigenvalue weighted by atomic mass is 16.4. The molecule has 0 bridgehead atoms. The molecule has 4 heteroatoms. The molecule has 1 amide bonds. The van der Waals surface area contributed by atoms with Crippen molar-refractivity contribution in [1.82, 2.24) is 4.90 Å². The van der Waals surface area contributed by atoms with E-state index in [1.54, 1.807) is 18.4 Å². The van der Waals surface area contributed by atoms with Crippen LogP contribution in [0, 0.1) is 13.8 Å². The molecule has 128 valence electrons. The summed E-state index contributed by atoms with van der Waals surface area (Å²) < 4.78 is 5.27. The standard InChI is InChI=1S/C20H25NO3/c1-14-7-8-15(2)16(11-14)12-20(23)21-9-3-5-17(21)13-18(22)19-6-4-10-24-19/h4,6-8,10-11,17-18,22H,3,5,9,12-13H2,1-2H3. The van der Waals surface area contributed by atoms with Crippen LogP contribution in [0.3, 0.4) is 0 Å². The van der Waals surface area contributed by atoms with Gasteiger partial charge in [-0.25, -0.2) is 0 Å². The number of aliphatic hydroxyl groups excluding tert-OH is 1. The molecule has 4 nitrogen and oxygen atoms in total. The zero-order valence-corrected chi connectivity index (χ0v) is 14.4. The van der Waals surface area contributed by atoms with E-state index in [9.17, 15) is 9.90 Å². The zero-order chi connectivity index (χ0) is 17.1. The van der Waals surface area contributed by atoms with Gasteiger partial charge in [-0.15, -0.1) is 0 Å². The summed E-state index contributed by atoms with van der Waals surface area (Å²) in [7, 11) is 0. The van der Waals surface area contributed by atoms with Crippen LogP contribution in [-0.4, -0.2) is 28.5 Å². The van der Waals surface area contributed by atoms with Crippen molar-refractivity contribution in [2.75, 3.05) is 6.54 Å². The maximum atomic E-state index is 12.8. The Morgan fingerprint density at radius 3 is 2.96 bits per heavy atom. The minimum Gasteiger partial charge on any atom is -0.467 e. The van der Waals surface area contributed by atoms with Gasteiger partial charge in [0.05, 0.1) is 12.7 Å². The third kappa shape index (κ3) is 3.70. The molecule has 2 unspecified atom stereocenters. The van der Waals surface area contributed by atoms with Crippen molar-refractivity contribution in [3.8, 4) is 0 Å². The molecule has 1 aliphatic heterocycles. The molecule has 1 N–H and O–H groups in total. The van der Waals surface area contributed by atoms with Gasteiger partial charge in [0.25, 0.3) is 0 Å². The predicted octanol–water partition coefficient (Wildman–Crippen LogP) is 3.55. The number of aliphatic hydroxyl groups is 1. The summed E-state index contributed by atoms with van der Waals surface area (Å²) in [5.74, 6) is 0.724. The second kappa shape index (κ2) is 7.22. The Labute approximate surface area is 143 Å². The molecule has 2 atom stereocenters. The summed E-state index contributed by atoms with van der Waals surface area (Å²) in [5, 5.41) is 10.3. The molecular formula is C20H25NO3. The first-order valence-corrected chi connectivity index (χ1v) is 8.61. The predicted molar refractivity (Wildman–Crippen MR) is 92.6 cm³/mol. The van der Waals surface area contributed by atoms with E-state index in [0.717, 1.165) is 30.5 Å². The smallest absolute Gasteiger partial charge is 0.227 e. The van der Waals surface area contributed by atoms with Crippen molar-refractivity contribution < 1.29 is 14.3 Å². The van der Waals surface area contributed by atoms with Gasteiger partial charge in [0.15, 0.2) is 0 Å². The van der Waals surface area contributed by atoms with E-state index in [0.29, 0.717) is 18.6 Å². The average molecular weight is 327 g/mol. The van der Waals surface area contributed by atoms with Crippen LogP contribution in [-0.2, 0) is 11.2 Å². The molecule has 0 aliphatic carbocycles. The van der Waals surface area contributed by atoms with Crippen molar-refractivity contribution in [3.05, 3.63) is 59.0 Å². The Kier molecular flexibility index (Phi) is 5.05. The van der Waals surface area contributed by atoms with Gasteiger partial charge in [0.1, 0.15) is 11.9 Å². The normalized spacial score (nSPS) is 18.8. The van der Waals surface area contributed by atoms with E-state index in [2.05, 4.69) is 18.2 Å². The molecule has 1 aromatic heterocycles. The van der Waals surface area contributed by atoms with E-state index >= 15 is 0 Å². The molecule has 0 saturated carbocycles. The number of aryl methyl sites for hydroxylation is 2. The second-order valence-corrected chi connectivity index (χ2v) is 6.76. The first kappa shape index (κ1) is 16.8. The molecular weight excluding hydrogens is 302 g/mol. The number of hydrogen-bond donors (Lipinski definition) is 1. The summed E-state index contributed by atoms with van der Waals surface area (Å²) in [6, 6.07) is 9.87. The lowest BCUT2D eigenvalue weighted by Crippen LogP contribution is -2.37. The van der Waals surface area contributed by atoms with Crippen molar-refractivity contribution in [2.24, 2.45) is 0 Å². The number of carbonyl (C=O) groups is 1. The Hall–Kier alpha value is -2.07. The monoisotopic (exact) mass is 327 g/mol. The Balaban J connectivity index is 1.66. The summed E-state index contributed by atoms with van der Waals surface area (Å²) in [5.41, 5.74) is 3.42. The quantitative estimate of drug-likeness (QED) is 0.913. The fraction of sp³-hybridized carbons (Fsp3) is 0.450. The number of likely N-dealkylation sites (tertiary alicyclic amines) is 1. The Morgan fingerprint density at radius 1 is 1.38 bits per heavy atom. The van der Waals surface area contributed by atoms with Gasteiger partial charge in [-0.3, -0.25) is 4.79 Å². The summed E-state index contributed by atoms with van der Waals surface area (Å²) in [6.07, 6.45) is 3.81. The van der Waals surface area contributed by atoms with Crippen molar-refractivity contribution in [3.63, 3.8) is 0 Å². The molecule has 2 aromatic rings. The number of hydrogen-bond acceptors (Lipinski definition) is 3. The SMILES string of the molecule is Cc1ccc(C)c(CC(=O)N2CCCC2CC(O)c2ccco2)c1. The maximum Gasteiger partial charge on any atom is 0.227 e.